The minimum absolute atomic E-state index is 0.000337. The van der Waals surface area contributed by atoms with E-state index in [1.54, 1.807) is 12.1 Å². The van der Waals surface area contributed by atoms with Crippen LogP contribution in [0.1, 0.15) is 11.1 Å². The molecule has 3 aromatic rings. The predicted octanol–water partition coefficient (Wildman–Crippen LogP) is 2.02. The molecule has 1 amide bonds. The Bertz CT molecular complexity index is 946. The fraction of sp³-hybridized carbons (Fsp3) is 0.111. The Labute approximate surface area is 144 Å². The van der Waals surface area contributed by atoms with E-state index in [-0.39, 0.29) is 18.2 Å². The third-order valence-electron chi connectivity index (χ3n) is 3.62. The lowest BCUT2D eigenvalue weighted by atomic mass is 10.1. The zero-order valence-electron chi connectivity index (χ0n) is 13.5. The highest BCUT2D eigenvalue weighted by Gasteiger charge is 2.08. The number of hydrazone groups is 1. The molecule has 25 heavy (non-hydrogen) atoms. The summed E-state index contributed by atoms with van der Waals surface area (Å²) in [6.07, 6.45) is 3.67. The number of hydrogen-bond donors (Lipinski definition) is 2. The van der Waals surface area contributed by atoms with Gasteiger partial charge in [-0.25, -0.2) is 10.1 Å². The molecule has 7 heteroatoms. The molecule has 0 radical (unpaired) electrons. The summed E-state index contributed by atoms with van der Waals surface area (Å²) in [5.41, 5.74) is 5.19. The molecule has 0 unspecified atom stereocenters. The van der Waals surface area contributed by atoms with E-state index in [0.717, 1.165) is 16.6 Å². The normalized spacial score (nSPS) is 11.0. The van der Waals surface area contributed by atoms with Crippen LogP contribution in [0.3, 0.4) is 0 Å². The van der Waals surface area contributed by atoms with Gasteiger partial charge < -0.3 is 5.11 Å². The molecule has 0 aliphatic heterocycles. The van der Waals surface area contributed by atoms with Crippen molar-refractivity contribution in [2.75, 3.05) is 0 Å². The monoisotopic (exact) mass is 335 g/mol. The molecule has 0 saturated heterocycles. The number of para-hydroxylation sites is 2. The van der Waals surface area contributed by atoms with E-state index < -0.39 is 0 Å². The molecule has 7 nitrogen and oxygen atoms in total. The van der Waals surface area contributed by atoms with Crippen molar-refractivity contribution in [3.05, 3.63) is 66.2 Å². The first-order valence-electron chi connectivity index (χ1n) is 7.71. The Balaban J connectivity index is 1.65. The topological polar surface area (TPSA) is 92.4 Å². The maximum absolute atomic E-state index is 12.0. The van der Waals surface area contributed by atoms with E-state index in [1.165, 1.54) is 10.9 Å². The van der Waals surface area contributed by atoms with Crippen molar-refractivity contribution in [3.8, 4) is 5.75 Å². The standard InChI is InChI=1S/C18H17N5O2/c1-2-6-13-7-5-8-14(18(13)25)11-19-21-17(24)12-23-16-10-4-3-9-15(16)20-22-23/h2-5,7-11,25H,1,6,12H2,(H,21,24)/b19-11-. The number of benzene rings is 2. The van der Waals surface area contributed by atoms with Crippen LogP contribution in [-0.4, -0.2) is 32.2 Å². The molecular weight excluding hydrogens is 318 g/mol. The second kappa shape index (κ2) is 7.39. The summed E-state index contributed by atoms with van der Waals surface area (Å²) in [5, 5.41) is 22.0. The van der Waals surface area contributed by atoms with Gasteiger partial charge in [0.25, 0.3) is 5.91 Å². The van der Waals surface area contributed by atoms with Crippen LogP contribution >= 0.6 is 0 Å². The summed E-state index contributed by atoms with van der Waals surface area (Å²) < 4.78 is 1.50. The van der Waals surface area contributed by atoms with E-state index in [1.807, 2.05) is 36.4 Å². The number of carbonyl (C=O) groups excluding carboxylic acids is 1. The lowest BCUT2D eigenvalue weighted by Gasteiger charge is -2.05. The van der Waals surface area contributed by atoms with E-state index in [9.17, 15) is 9.90 Å². The average Bonchev–Trinajstić information content (AvgIpc) is 3.01. The summed E-state index contributed by atoms with van der Waals surface area (Å²) in [6, 6.07) is 12.7. The van der Waals surface area contributed by atoms with Gasteiger partial charge in [0.05, 0.1) is 11.7 Å². The van der Waals surface area contributed by atoms with E-state index in [2.05, 4.69) is 27.4 Å². The first-order valence-corrected chi connectivity index (χ1v) is 7.71. The molecular formula is C18H17N5O2. The highest BCUT2D eigenvalue weighted by molar-refractivity contribution is 5.86. The Kier molecular flexibility index (Phi) is 4.84. The molecule has 1 aromatic heterocycles. The number of hydrogen-bond acceptors (Lipinski definition) is 5. The molecule has 0 aliphatic carbocycles. The predicted molar refractivity (Wildman–Crippen MR) is 95.3 cm³/mol. The molecule has 0 fully saturated rings. The number of aromatic nitrogens is 3. The van der Waals surface area contributed by atoms with Crippen LogP contribution in [0.15, 0.2) is 60.2 Å². The van der Waals surface area contributed by atoms with Crippen molar-refractivity contribution >= 4 is 23.2 Å². The van der Waals surface area contributed by atoms with Gasteiger partial charge in [-0.1, -0.05) is 35.6 Å². The Morgan fingerprint density at radius 3 is 2.96 bits per heavy atom. The highest BCUT2D eigenvalue weighted by atomic mass is 16.3. The molecule has 2 N–H and O–H groups in total. The quantitative estimate of drug-likeness (QED) is 0.409. The number of allylic oxidation sites excluding steroid dienone is 1. The number of aromatic hydroxyl groups is 1. The van der Waals surface area contributed by atoms with E-state index in [4.69, 9.17) is 0 Å². The lowest BCUT2D eigenvalue weighted by Crippen LogP contribution is -2.23. The van der Waals surface area contributed by atoms with Crippen molar-refractivity contribution in [1.29, 1.82) is 0 Å². The van der Waals surface area contributed by atoms with Gasteiger partial charge in [0.2, 0.25) is 0 Å². The van der Waals surface area contributed by atoms with Crippen LogP contribution < -0.4 is 5.43 Å². The van der Waals surface area contributed by atoms with Gasteiger partial charge in [-0.2, -0.15) is 5.10 Å². The minimum atomic E-state index is -0.339. The van der Waals surface area contributed by atoms with Crippen molar-refractivity contribution < 1.29 is 9.90 Å². The van der Waals surface area contributed by atoms with E-state index >= 15 is 0 Å². The zero-order valence-corrected chi connectivity index (χ0v) is 13.5. The average molecular weight is 335 g/mol. The van der Waals surface area contributed by atoms with E-state index in [0.29, 0.717) is 12.0 Å². The summed E-state index contributed by atoms with van der Waals surface area (Å²) in [4.78, 5) is 12.0. The molecule has 3 rings (SSSR count). The zero-order chi connectivity index (χ0) is 17.6. The fourth-order valence-electron chi connectivity index (χ4n) is 2.41. The second-order valence-corrected chi connectivity index (χ2v) is 5.38. The smallest absolute Gasteiger partial charge is 0.261 e. The third-order valence-corrected chi connectivity index (χ3v) is 3.62. The number of phenolic OH excluding ortho intramolecular Hbond substituents is 1. The van der Waals surface area contributed by atoms with Crippen LogP contribution in [0.2, 0.25) is 0 Å². The van der Waals surface area contributed by atoms with Gasteiger partial charge in [0.15, 0.2) is 0 Å². The van der Waals surface area contributed by atoms with Crippen LogP contribution in [0.5, 0.6) is 5.75 Å². The summed E-state index contributed by atoms with van der Waals surface area (Å²) >= 11 is 0. The summed E-state index contributed by atoms with van der Waals surface area (Å²) in [6.45, 7) is 3.65. The van der Waals surface area contributed by atoms with Crippen molar-refractivity contribution in [3.63, 3.8) is 0 Å². The number of nitrogens with zero attached hydrogens (tertiary/aromatic N) is 4. The van der Waals surface area contributed by atoms with Gasteiger partial charge in [0, 0.05) is 5.56 Å². The third kappa shape index (κ3) is 3.72. The van der Waals surface area contributed by atoms with Crippen molar-refractivity contribution in [2.45, 2.75) is 13.0 Å². The van der Waals surface area contributed by atoms with Gasteiger partial charge in [-0.3, -0.25) is 4.79 Å². The molecule has 126 valence electrons. The largest absolute Gasteiger partial charge is 0.507 e. The summed E-state index contributed by atoms with van der Waals surface area (Å²) in [5.74, 6) is -0.212. The number of nitrogens with one attached hydrogen (secondary N) is 1. The fourth-order valence-corrected chi connectivity index (χ4v) is 2.41. The summed E-state index contributed by atoms with van der Waals surface area (Å²) in [7, 11) is 0. The van der Waals surface area contributed by atoms with Crippen molar-refractivity contribution in [1.82, 2.24) is 20.4 Å². The Hall–Kier alpha value is -3.48. The highest BCUT2D eigenvalue weighted by Crippen LogP contribution is 2.21. The lowest BCUT2D eigenvalue weighted by molar-refractivity contribution is -0.121. The van der Waals surface area contributed by atoms with Crippen molar-refractivity contribution in [2.24, 2.45) is 5.10 Å². The van der Waals surface area contributed by atoms with Gasteiger partial charge >= 0.3 is 0 Å². The van der Waals surface area contributed by atoms with Gasteiger partial charge in [0.1, 0.15) is 17.8 Å². The Morgan fingerprint density at radius 2 is 2.12 bits per heavy atom. The number of amides is 1. The molecule has 0 saturated carbocycles. The molecule has 0 spiro atoms. The van der Waals surface area contributed by atoms with Gasteiger partial charge in [-0.05, 0) is 30.2 Å². The minimum Gasteiger partial charge on any atom is -0.507 e. The maximum Gasteiger partial charge on any atom is 0.261 e. The SMILES string of the molecule is C=CCc1cccc(/C=N\NC(=O)Cn2nnc3ccccc32)c1O. The maximum atomic E-state index is 12.0. The first-order chi connectivity index (χ1) is 12.2. The molecule has 2 aromatic carbocycles. The molecule has 0 aliphatic rings. The number of phenols is 1. The molecule has 1 heterocycles. The van der Waals surface area contributed by atoms with Crippen LogP contribution in [0, 0.1) is 0 Å². The molecule has 0 atom stereocenters. The van der Waals surface area contributed by atoms with Crippen LogP contribution in [0.25, 0.3) is 11.0 Å². The van der Waals surface area contributed by atoms with Crippen LogP contribution in [0.4, 0.5) is 0 Å². The number of fused-ring (bicyclic) bond motifs is 1. The number of rotatable bonds is 6. The second-order valence-electron chi connectivity index (χ2n) is 5.38. The van der Waals surface area contributed by atoms with Crippen LogP contribution in [-0.2, 0) is 17.8 Å². The molecule has 0 bridgehead atoms. The van der Waals surface area contributed by atoms with Gasteiger partial charge in [-0.15, -0.1) is 11.7 Å². The first kappa shape index (κ1) is 16.4. The Morgan fingerprint density at radius 1 is 1.28 bits per heavy atom. The number of carbonyl (C=O) groups is 1.